The highest BCUT2D eigenvalue weighted by molar-refractivity contribution is 5.86. The Morgan fingerprint density at radius 1 is 1.22 bits per heavy atom. The van der Waals surface area contributed by atoms with Crippen molar-refractivity contribution in [3.8, 4) is 0 Å². The summed E-state index contributed by atoms with van der Waals surface area (Å²) in [6, 6.07) is 4.43. The molecule has 27 heavy (non-hydrogen) atoms. The fourth-order valence-electron chi connectivity index (χ4n) is 4.49. The Morgan fingerprint density at radius 3 is 2.52 bits per heavy atom. The molecule has 0 spiro atoms. The quantitative estimate of drug-likeness (QED) is 0.833. The van der Waals surface area contributed by atoms with Crippen molar-refractivity contribution in [3.63, 3.8) is 0 Å². The average Bonchev–Trinajstić information content (AvgIpc) is 3.22. The van der Waals surface area contributed by atoms with Crippen LogP contribution in [0.1, 0.15) is 37.1 Å². The zero-order valence-corrected chi connectivity index (χ0v) is 16.9. The average molecular weight is 393 g/mol. The van der Waals surface area contributed by atoms with Gasteiger partial charge in [-0.25, -0.2) is 0 Å². The van der Waals surface area contributed by atoms with Crippen LogP contribution in [0.3, 0.4) is 0 Å². The second kappa shape index (κ2) is 8.05. The van der Waals surface area contributed by atoms with E-state index < -0.39 is 0 Å². The van der Waals surface area contributed by atoms with Crippen LogP contribution in [0.2, 0.25) is 0 Å². The summed E-state index contributed by atoms with van der Waals surface area (Å²) in [7, 11) is 0. The molecule has 1 saturated carbocycles. The van der Waals surface area contributed by atoms with Crippen LogP contribution < -0.4 is 10.2 Å². The molecule has 1 aromatic rings. The maximum absolute atomic E-state index is 12.5. The third kappa shape index (κ3) is 4.54. The molecule has 0 bridgehead atoms. The molecule has 0 unspecified atom stereocenters. The molecule has 1 aromatic heterocycles. The van der Waals surface area contributed by atoms with E-state index in [1.807, 2.05) is 13.8 Å². The van der Waals surface area contributed by atoms with Gasteiger partial charge in [0.25, 0.3) is 0 Å². The SMILES string of the molecule is Cc1cc(N2C[C@H](NC(=O)CN3CCCC3=O)[C@@H](C3CC3)C2)cc(C)n1.Cl. The monoisotopic (exact) mass is 392 g/mol. The van der Waals surface area contributed by atoms with Gasteiger partial charge in [0.05, 0.1) is 12.6 Å². The molecule has 6 nitrogen and oxygen atoms in total. The Morgan fingerprint density at radius 2 is 1.93 bits per heavy atom. The largest absolute Gasteiger partial charge is 0.369 e. The summed E-state index contributed by atoms with van der Waals surface area (Å²) in [5.41, 5.74) is 3.26. The van der Waals surface area contributed by atoms with Crippen molar-refractivity contribution in [1.29, 1.82) is 0 Å². The summed E-state index contributed by atoms with van der Waals surface area (Å²) in [5, 5.41) is 3.24. The lowest BCUT2D eigenvalue weighted by Gasteiger charge is -2.22. The molecular weight excluding hydrogens is 364 g/mol. The van der Waals surface area contributed by atoms with Crippen LogP contribution in [0, 0.1) is 25.7 Å². The molecule has 1 N–H and O–H groups in total. The van der Waals surface area contributed by atoms with Crippen LogP contribution in [0.4, 0.5) is 5.69 Å². The van der Waals surface area contributed by atoms with Gasteiger partial charge >= 0.3 is 0 Å². The van der Waals surface area contributed by atoms with Gasteiger partial charge in [-0.3, -0.25) is 14.6 Å². The fourth-order valence-corrected chi connectivity index (χ4v) is 4.49. The second-order valence-corrected chi connectivity index (χ2v) is 8.11. The first-order valence-electron chi connectivity index (χ1n) is 9.77. The Hall–Kier alpha value is -1.82. The summed E-state index contributed by atoms with van der Waals surface area (Å²) < 4.78 is 0. The number of pyridine rings is 1. The van der Waals surface area contributed by atoms with Crippen molar-refractivity contribution in [2.45, 2.75) is 45.6 Å². The number of rotatable bonds is 5. The Bertz CT molecular complexity index is 702. The highest BCUT2D eigenvalue weighted by atomic mass is 35.5. The minimum atomic E-state index is -0.0140. The fraction of sp³-hybridized carbons (Fsp3) is 0.650. The first-order valence-corrected chi connectivity index (χ1v) is 9.77. The number of hydrogen-bond acceptors (Lipinski definition) is 4. The van der Waals surface area contributed by atoms with E-state index in [-0.39, 0.29) is 36.8 Å². The molecule has 148 valence electrons. The minimum Gasteiger partial charge on any atom is -0.369 e. The van der Waals surface area contributed by atoms with Gasteiger partial charge in [-0.05, 0) is 51.2 Å². The number of anilines is 1. The van der Waals surface area contributed by atoms with E-state index in [2.05, 4.69) is 27.3 Å². The molecule has 2 saturated heterocycles. The maximum Gasteiger partial charge on any atom is 0.239 e. The van der Waals surface area contributed by atoms with E-state index in [0.717, 1.165) is 36.8 Å². The van der Waals surface area contributed by atoms with Crippen molar-refractivity contribution < 1.29 is 9.59 Å². The van der Waals surface area contributed by atoms with E-state index in [4.69, 9.17) is 0 Å². The molecule has 7 heteroatoms. The van der Waals surface area contributed by atoms with Crippen LogP contribution in [0.25, 0.3) is 0 Å². The lowest BCUT2D eigenvalue weighted by atomic mass is 9.98. The number of hydrogen-bond donors (Lipinski definition) is 1. The molecule has 3 aliphatic rings. The van der Waals surface area contributed by atoms with E-state index in [9.17, 15) is 9.59 Å². The molecule has 2 aliphatic heterocycles. The van der Waals surface area contributed by atoms with Crippen molar-refractivity contribution >= 4 is 29.9 Å². The molecular formula is C20H29ClN4O2. The number of carbonyl (C=O) groups excluding carboxylic acids is 2. The number of nitrogens with zero attached hydrogens (tertiary/aromatic N) is 3. The standard InChI is InChI=1S/C20H28N4O2.ClH/c1-13-8-16(9-14(2)21-13)24-10-17(15-5-6-15)18(11-24)22-19(25)12-23-7-3-4-20(23)26;/h8-9,15,17-18H,3-7,10-12H2,1-2H3,(H,22,25);1H/t17-,18+;/m1./s1. The van der Waals surface area contributed by atoms with Crippen molar-refractivity contribution in [1.82, 2.24) is 15.2 Å². The Kier molecular flexibility index (Phi) is 5.94. The first kappa shape index (κ1) is 19.9. The van der Waals surface area contributed by atoms with Gasteiger partial charge in [0.1, 0.15) is 0 Å². The van der Waals surface area contributed by atoms with Crippen LogP contribution in [-0.4, -0.2) is 53.9 Å². The molecule has 3 fully saturated rings. The number of halogens is 1. The Balaban J connectivity index is 0.00000210. The van der Waals surface area contributed by atoms with Gasteiger partial charge in [-0.2, -0.15) is 0 Å². The molecule has 3 heterocycles. The molecule has 0 aromatic carbocycles. The predicted molar refractivity (Wildman–Crippen MR) is 107 cm³/mol. The normalized spacial score (nSPS) is 24.9. The summed E-state index contributed by atoms with van der Waals surface area (Å²) in [4.78, 5) is 32.8. The van der Waals surface area contributed by atoms with Crippen LogP contribution in [0.15, 0.2) is 12.1 Å². The van der Waals surface area contributed by atoms with Crippen LogP contribution in [-0.2, 0) is 9.59 Å². The lowest BCUT2D eigenvalue weighted by molar-refractivity contribution is -0.133. The summed E-state index contributed by atoms with van der Waals surface area (Å²) in [5.74, 6) is 1.32. The highest BCUT2D eigenvalue weighted by Crippen LogP contribution is 2.42. The summed E-state index contributed by atoms with van der Waals surface area (Å²) in [6.07, 6.45) is 3.98. The van der Waals surface area contributed by atoms with Crippen LogP contribution >= 0.6 is 12.4 Å². The van der Waals surface area contributed by atoms with E-state index in [1.54, 1.807) is 4.90 Å². The molecule has 1 aliphatic carbocycles. The number of aromatic nitrogens is 1. The third-order valence-corrected chi connectivity index (χ3v) is 5.88. The smallest absolute Gasteiger partial charge is 0.239 e. The Labute approximate surface area is 167 Å². The number of amides is 2. The van der Waals surface area contributed by atoms with Gasteiger partial charge < -0.3 is 15.1 Å². The number of likely N-dealkylation sites (tertiary alicyclic amines) is 1. The van der Waals surface area contributed by atoms with Crippen molar-refractivity contribution in [2.75, 3.05) is 31.1 Å². The zero-order valence-electron chi connectivity index (χ0n) is 16.1. The maximum atomic E-state index is 12.5. The highest BCUT2D eigenvalue weighted by Gasteiger charge is 2.43. The topological polar surface area (TPSA) is 65.5 Å². The minimum absolute atomic E-state index is 0. The van der Waals surface area contributed by atoms with E-state index in [0.29, 0.717) is 18.9 Å². The molecule has 4 rings (SSSR count). The van der Waals surface area contributed by atoms with E-state index >= 15 is 0 Å². The molecule has 0 radical (unpaired) electrons. The summed E-state index contributed by atoms with van der Waals surface area (Å²) >= 11 is 0. The van der Waals surface area contributed by atoms with Gasteiger partial charge in [0.15, 0.2) is 0 Å². The molecule has 2 atom stereocenters. The lowest BCUT2D eigenvalue weighted by Crippen LogP contribution is -2.46. The second-order valence-electron chi connectivity index (χ2n) is 8.11. The van der Waals surface area contributed by atoms with E-state index in [1.165, 1.54) is 18.5 Å². The van der Waals surface area contributed by atoms with Gasteiger partial charge in [-0.1, -0.05) is 0 Å². The van der Waals surface area contributed by atoms with Gasteiger partial charge in [0, 0.05) is 49.0 Å². The van der Waals surface area contributed by atoms with Crippen molar-refractivity contribution in [2.24, 2.45) is 11.8 Å². The zero-order chi connectivity index (χ0) is 18.3. The first-order chi connectivity index (χ1) is 12.5. The number of carbonyl (C=O) groups is 2. The number of nitrogens with one attached hydrogen (secondary N) is 1. The molecule has 2 amide bonds. The van der Waals surface area contributed by atoms with Gasteiger partial charge in [-0.15, -0.1) is 12.4 Å². The summed E-state index contributed by atoms with van der Waals surface area (Å²) in [6.45, 7) is 6.80. The third-order valence-electron chi connectivity index (χ3n) is 5.88. The number of aryl methyl sites for hydroxylation is 2. The van der Waals surface area contributed by atoms with Crippen LogP contribution in [0.5, 0.6) is 0 Å². The predicted octanol–water partition coefficient (Wildman–Crippen LogP) is 2.07. The van der Waals surface area contributed by atoms with Crippen molar-refractivity contribution in [3.05, 3.63) is 23.5 Å². The van der Waals surface area contributed by atoms with Gasteiger partial charge in [0.2, 0.25) is 11.8 Å².